The van der Waals surface area contributed by atoms with E-state index in [1.807, 2.05) is 23.9 Å². The molecule has 4 aromatic rings. The summed E-state index contributed by atoms with van der Waals surface area (Å²) in [7, 11) is 7.32. The number of likely N-dealkylation sites (N-methyl/N-ethyl adjacent to an activating group) is 2. The van der Waals surface area contributed by atoms with Crippen molar-refractivity contribution in [3.05, 3.63) is 84.1 Å². The van der Waals surface area contributed by atoms with Gasteiger partial charge >= 0.3 is 6.18 Å². The average molecular weight is 580 g/mol. The molecular weight excluding hydrogens is 547 g/mol. The van der Waals surface area contributed by atoms with E-state index in [2.05, 4.69) is 30.6 Å². The first-order valence-electron chi connectivity index (χ1n) is 13.0. The molecule has 42 heavy (non-hydrogen) atoms. The van der Waals surface area contributed by atoms with Gasteiger partial charge < -0.3 is 20.4 Å². The summed E-state index contributed by atoms with van der Waals surface area (Å²) in [4.78, 5) is 36.2. The van der Waals surface area contributed by atoms with Crippen LogP contribution in [0.3, 0.4) is 0 Å². The molecule has 13 heteroatoms. The van der Waals surface area contributed by atoms with Crippen molar-refractivity contribution in [1.29, 1.82) is 0 Å². The number of halogens is 3. The Labute approximate surface area is 242 Å². The summed E-state index contributed by atoms with van der Waals surface area (Å²) in [6.45, 7) is 2.97. The number of hydrogen-bond donors (Lipinski definition) is 2. The smallest absolute Gasteiger partial charge is 0.373 e. The second-order valence-electron chi connectivity index (χ2n) is 9.77. The van der Waals surface area contributed by atoms with E-state index in [1.165, 1.54) is 18.7 Å². The zero-order valence-electron chi connectivity index (χ0n) is 23.9. The van der Waals surface area contributed by atoms with Crippen molar-refractivity contribution in [3.63, 3.8) is 0 Å². The summed E-state index contributed by atoms with van der Waals surface area (Å²) in [5.74, 6) is 0.990. The van der Waals surface area contributed by atoms with Crippen molar-refractivity contribution in [2.24, 2.45) is 0 Å². The first-order chi connectivity index (χ1) is 20.0. The Morgan fingerprint density at radius 3 is 2.33 bits per heavy atom. The fourth-order valence-corrected chi connectivity index (χ4v) is 4.30. The molecule has 2 aromatic heterocycles. The third-order valence-corrected chi connectivity index (χ3v) is 6.59. The van der Waals surface area contributed by atoms with Crippen molar-refractivity contribution >= 4 is 40.4 Å². The van der Waals surface area contributed by atoms with Gasteiger partial charge in [-0.25, -0.2) is 19.9 Å². The summed E-state index contributed by atoms with van der Waals surface area (Å²) >= 11 is 0. The second-order valence-corrected chi connectivity index (χ2v) is 9.77. The lowest BCUT2D eigenvalue weighted by Gasteiger charge is -2.26. The third-order valence-electron chi connectivity index (χ3n) is 6.59. The quantitative estimate of drug-likeness (QED) is 0.257. The minimum absolute atomic E-state index is 0.0583. The van der Waals surface area contributed by atoms with Crippen molar-refractivity contribution in [2.45, 2.75) is 13.1 Å². The number of benzene rings is 2. The summed E-state index contributed by atoms with van der Waals surface area (Å²) in [5, 5.41) is 5.72. The Morgan fingerprint density at radius 1 is 0.905 bits per heavy atom. The highest BCUT2D eigenvalue weighted by atomic mass is 19.4. The summed E-state index contributed by atoms with van der Waals surface area (Å²) in [6.07, 6.45) is -0.180. The predicted molar refractivity (Wildman–Crippen MR) is 158 cm³/mol. The zero-order valence-corrected chi connectivity index (χ0v) is 23.9. The van der Waals surface area contributed by atoms with Crippen LogP contribution in [-0.2, 0) is 6.18 Å². The van der Waals surface area contributed by atoms with Crippen LogP contribution in [0.15, 0.2) is 67.4 Å². The summed E-state index contributed by atoms with van der Waals surface area (Å²) < 4.78 is 40.9. The summed E-state index contributed by atoms with van der Waals surface area (Å²) in [6, 6.07) is 11.9. The summed E-state index contributed by atoms with van der Waals surface area (Å²) in [5.41, 5.74) is 1.10. The molecule has 2 heterocycles. The van der Waals surface area contributed by atoms with Gasteiger partial charge in [-0.15, -0.1) is 0 Å². The molecule has 0 aliphatic heterocycles. The van der Waals surface area contributed by atoms with Crippen molar-refractivity contribution in [3.8, 4) is 0 Å². The molecule has 0 saturated heterocycles. The fraction of sp³-hybridized carbons (Fsp3) is 0.276. The average Bonchev–Trinajstić information content (AvgIpc) is 2.97. The van der Waals surface area contributed by atoms with Gasteiger partial charge in [-0.2, -0.15) is 13.2 Å². The van der Waals surface area contributed by atoms with Crippen molar-refractivity contribution in [2.75, 3.05) is 61.7 Å². The van der Waals surface area contributed by atoms with E-state index in [1.54, 1.807) is 62.4 Å². The largest absolute Gasteiger partial charge is 0.416 e. The van der Waals surface area contributed by atoms with Crippen LogP contribution >= 0.6 is 0 Å². The molecule has 0 saturated carbocycles. The molecule has 0 bridgehead atoms. The Bertz CT molecular complexity index is 1530. The standard InChI is InChI=1S/C29H32F3N9O/c1-19-21(28(42)38-22-15-20(29(30,31)32)9-10-24(22)40(5)14-13-39(3)4)7-6-8-23(19)41(26-11-12-34-17-36-26)27-16-25(33-2)35-18-37-27/h6-12,15-18H,13-14H2,1-5H3,(H,38,42)(H,33,35,37). The van der Waals surface area contributed by atoms with E-state index in [-0.39, 0.29) is 11.3 Å². The fourth-order valence-electron chi connectivity index (χ4n) is 4.30. The number of nitrogens with zero attached hydrogens (tertiary/aromatic N) is 7. The Balaban J connectivity index is 1.76. The van der Waals surface area contributed by atoms with Crippen molar-refractivity contribution in [1.82, 2.24) is 24.8 Å². The number of anilines is 6. The normalized spacial score (nSPS) is 11.4. The second kappa shape index (κ2) is 12.8. The Kier molecular flexibility index (Phi) is 9.21. The molecule has 0 fully saturated rings. The van der Waals surface area contributed by atoms with Crippen LogP contribution in [0.1, 0.15) is 21.5 Å². The first kappa shape index (κ1) is 30.2. The van der Waals surface area contributed by atoms with Gasteiger partial charge in [-0.3, -0.25) is 9.69 Å². The van der Waals surface area contributed by atoms with Gasteiger partial charge in [0.1, 0.15) is 30.1 Å². The number of hydrogen-bond acceptors (Lipinski definition) is 9. The van der Waals surface area contributed by atoms with Crippen LogP contribution in [0.25, 0.3) is 0 Å². The molecule has 0 atom stereocenters. The monoisotopic (exact) mass is 579 g/mol. The number of nitrogens with one attached hydrogen (secondary N) is 2. The molecular formula is C29H32F3N9O. The van der Waals surface area contributed by atoms with Gasteiger partial charge in [0.15, 0.2) is 0 Å². The molecule has 1 amide bonds. The molecule has 4 rings (SSSR count). The van der Waals surface area contributed by atoms with Gasteiger partial charge in [-0.1, -0.05) is 6.07 Å². The van der Waals surface area contributed by atoms with Gasteiger partial charge in [0.25, 0.3) is 5.91 Å². The third kappa shape index (κ3) is 6.92. The highest BCUT2D eigenvalue weighted by Crippen LogP contribution is 2.38. The van der Waals surface area contributed by atoms with Crippen LogP contribution < -0.4 is 20.4 Å². The Hall–Kier alpha value is -4.78. The van der Waals surface area contributed by atoms with E-state index in [0.717, 1.165) is 12.1 Å². The van der Waals surface area contributed by atoms with Gasteiger partial charge in [-0.05, 0) is 63.0 Å². The maximum absolute atomic E-state index is 13.7. The van der Waals surface area contributed by atoms with Crippen LogP contribution in [0.4, 0.5) is 47.7 Å². The first-order valence-corrected chi connectivity index (χ1v) is 13.0. The van der Waals surface area contributed by atoms with Crippen LogP contribution in [-0.4, -0.2) is 72.0 Å². The molecule has 0 aliphatic rings. The number of amides is 1. The van der Waals surface area contributed by atoms with E-state index in [0.29, 0.717) is 47.5 Å². The Morgan fingerprint density at radius 2 is 1.67 bits per heavy atom. The van der Waals surface area contributed by atoms with Gasteiger partial charge in [0.2, 0.25) is 0 Å². The van der Waals surface area contributed by atoms with Gasteiger partial charge in [0, 0.05) is 45.0 Å². The number of rotatable bonds is 10. The minimum atomic E-state index is -4.57. The highest BCUT2D eigenvalue weighted by molar-refractivity contribution is 6.08. The van der Waals surface area contributed by atoms with Gasteiger partial charge in [0.05, 0.1) is 22.6 Å². The molecule has 0 radical (unpaired) electrons. The zero-order chi connectivity index (χ0) is 30.4. The highest BCUT2D eigenvalue weighted by Gasteiger charge is 2.32. The molecule has 2 aromatic carbocycles. The van der Waals surface area contributed by atoms with Crippen LogP contribution in [0.5, 0.6) is 0 Å². The molecule has 10 nitrogen and oxygen atoms in total. The molecule has 0 spiro atoms. The van der Waals surface area contributed by atoms with E-state index in [9.17, 15) is 18.0 Å². The molecule has 0 unspecified atom stereocenters. The number of carbonyl (C=O) groups excluding carboxylic acids is 1. The number of alkyl halides is 3. The van der Waals surface area contributed by atoms with Crippen LogP contribution in [0.2, 0.25) is 0 Å². The topological polar surface area (TPSA) is 102 Å². The predicted octanol–water partition coefficient (Wildman–Crippen LogP) is 5.36. The maximum atomic E-state index is 13.7. The number of aromatic nitrogens is 4. The lowest BCUT2D eigenvalue weighted by molar-refractivity contribution is -0.137. The molecule has 0 aliphatic carbocycles. The minimum Gasteiger partial charge on any atom is -0.373 e. The molecule has 220 valence electrons. The van der Waals surface area contributed by atoms with Crippen LogP contribution in [0, 0.1) is 6.92 Å². The number of carbonyl (C=O) groups is 1. The lowest BCUT2D eigenvalue weighted by atomic mass is 10.0. The van der Waals surface area contributed by atoms with E-state index < -0.39 is 17.6 Å². The SMILES string of the molecule is CNc1cc(N(c2ccncn2)c2cccc(C(=O)Nc3cc(C(F)(F)F)ccc3N(C)CCN(C)C)c2C)ncn1. The maximum Gasteiger partial charge on any atom is 0.416 e. The van der Waals surface area contributed by atoms with E-state index in [4.69, 9.17) is 0 Å². The van der Waals surface area contributed by atoms with E-state index >= 15 is 0 Å². The molecule has 2 N–H and O–H groups in total. The van der Waals surface area contributed by atoms with Crippen molar-refractivity contribution < 1.29 is 18.0 Å². The lowest BCUT2D eigenvalue weighted by Crippen LogP contribution is -2.29.